The lowest BCUT2D eigenvalue weighted by atomic mass is 10.0. The number of alkyl halides is 3. The lowest BCUT2D eigenvalue weighted by Gasteiger charge is -2.40. The number of urea groups is 1. The monoisotopic (exact) mass is 447 g/mol. The molecule has 12 heteroatoms. The van der Waals surface area contributed by atoms with Crippen LogP contribution in [0.3, 0.4) is 0 Å². The van der Waals surface area contributed by atoms with Gasteiger partial charge in [-0.1, -0.05) is 0 Å². The minimum Gasteiger partial charge on any atom is -0.475 e. The molecule has 1 aromatic rings. The molecule has 2 N–H and O–H groups in total. The number of amides is 2. The van der Waals surface area contributed by atoms with E-state index in [1.165, 1.54) is 5.69 Å². The van der Waals surface area contributed by atoms with Crippen molar-refractivity contribution in [2.75, 3.05) is 39.4 Å². The lowest BCUT2D eigenvalue weighted by molar-refractivity contribution is -0.192. The van der Waals surface area contributed by atoms with Crippen molar-refractivity contribution in [2.45, 2.75) is 50.5 Å². The number of hydrogen-bond acceptors (Lipinski definition) is 5. The SMILES string of the molecule is O=C(NCC1CN(C2CCOCC2)Cc2ccnn21)N1CCCC1.O=C(O)C(F)(F)F. The maximum absolute atomic E-state index is 12.3. The van der Waals surface area contributed by atoms with Crippen molar-refractivity contribution in [3.63, 3.8) is 0 Å². The normalized spacial score (nSPS) is 22.4. The number of fused-ring (bicyclic) bond motifs is 1. The second-order valence-corrected chi connectivity index (χ2v) is 7.88. The Bertz CT molecular complexity index is 745. The summed E-state index contributed by atoms with van der Waals surface area (Å²) in [6.45, 7) is 6.02. The van der Waals surface area contributed by atoms with Crippen molar-refractivity contribution < 1.29 is 32.6 Å². The molecule has 0 bridgehead atoms. The minimum atomic E-state index is -5.08. The molecule has 2 saturated heterocycles. The Balaban J connectivity index is 0.000000339. The summed E-state index contributed by atoms with van der Waals surface area (Å²) in [6, 6.07) is 2.96. The largest absolute Gasteiger partial charge is 0.490 e. The Hall–Kier alpha value is -2.34. The molecular formula is C19H28F3N5O4. The zero-order chi connectivity index (χ0) is 22.4. The quantitative estimate of drug-likeness (QED) is 0.734. The molecule has 2 fully saturated rings. The van der Waals surface area contributed by atoms with Gasteiger partial charge >= 0.3 is 18.2 Å². The summed E-state index contributed by atoms with van der Waals surface area (Å²) in [5.74, 6) is -2.76. The van der Waals surface area contributed by atoms with Crippen LogP contribution in [0.5, 0.6) is 0 Å². The van der Waals surface area contributed by atoms with Gasteiger partial charge in [-0.2, -0.15) is 18.3 Å². The van der Waals surface area contributed by atoms with Crippen LogP contribution in [0.15, 0.2) is 12.3 Å². The molecule has 31 heavy (non-hydrogen) atoms. The molecule has 3 aliphatic rings. The fourth-order valence-corrected chi connectivity index (χ4v) is 4.13. The highest BCUT2D eigenvalue weighted by atomic mass is 19.4. The highest BCUT2D eigenvalue weighted by Gasteiger charge is 2.38. The van der Waals surface area contributed by atoms with Crippen LogP contribution < -0.4 is 5.32 Å². The summed E-state index contributed by atoms with van der Waals surface area (Å²) >= 11 is 0. The number of aromatic nitrogens is 2. The van der Waals surface area contributed by atoms with Crippen LogP contribution in [0.4, 0.5) is 18.0 Å². The molecule has 1 unspecified atom stereocenters. The van der Waals surface area contributed by atoms with E-state index < -0.39 is 12.1 Å². The number of nitrogens with one attached hydrogen (secondary N) is 1. The molecule has 0 radical (unpaired) electrons. The molecule has 0 aromatic carbocycles. The number of nitrogens with zero attached hydrogens (tertiary/aromatic N) is 4. The van der Waals surface area contributed by atoms with Gasteiger partial charge in [0.25, 0.3) is 0 Å². The molecule has 3 aliphatic heterocycles. The summed E-state index contributed by atoms with van der Waals surface area (Å²) in [7, 11) is 0. The Kier molecular flexibility index (Phi) is 7.76. The first-order valence-electron chi connectivity index (χ1n) is 10.4. The Morgan fingerprint density at radius 2 is 1.87 bits per heavy atom. The molecule has 0 spiro atoms. The van der Waals surface area contributed by atoms with Gasteiger partial charge in [0.15, 0.2) is 0 Å². The number of rotatable bonds is 3. The fourth-order valence-electron chi connectivity index (χ4n) is 4.13. The van der Waals surface area contributed by atoms with E-state index in [0.29, 0.717) is 12.6 Å². The number of hydrogen-bond donors (Lipinski definition) is 2. The average Bonchev–Trinajstić information content (AvgIpc) is 3.44. The third-order valence-corrected chi connectivity index (χ3v) is 5.74. The molecule has 0 saturated carbocycles. The van der Waals surface area contributed by atoms with Crippen LogP contribution in [0.25, 0.3) is 0 Å². The maximum atomic E-state index is 12.3. The summed E-state index contributed by atoms with van der Waals surface area (Å²) < 4.78 is 39.3. The van der Waals surface area contributed by atoms with E-state index in [1.54, 1.807) is 0 Å². The Labute approximate surface area is 178 Å². The Morgan fingerprint density at radius 3 is 2.48 bits per heavy atom. The molecule has 9 nitrogen and oxygen atoms in total. The van der Waals surface area contributed by atoms with Crippen molar-refractivity contribution >= 4 is 12.0 Å². The number of aliphatic carboxylic acids is 1. The first-order valence-corrected chi connectivity index (χ1v) is 10.4. The summed E-state index contributed by atoms with van der Waals surface area (Å²) in [5.41, 5.74) is 1.24. The zero-order valence-corrected chi connectivity index (χ0v) is 17.2. The van der Waals surface area contributed by atoms with Crippen molar-refractivity contribution in [1.29, 1.82) is 0 Å². The first-order chi connectivity index (χ1) is 14.8. The number of ether oxygens (including phenoxy) is 1. The second-order valence-electron chi connectivity index (χ2n) is 7.88. The van der Waals surface area contributed by atoms with Crippen molar-refractivity contribution in [1.82, 2.24) is 24.9 Å². The van der Waals surface area contributed by atoms with Crippen LogP contribution in [0, 0.1) is 0 Å². The predicted octanol–water partition coefficient (Wildman–Crippen LogP) is 1.86. The van der Waals surface area contributed by atoms with E-state index in [9.17, 15) is 18.0 Å². The molecule has 4 rings (SSSR count). The number of carboxylic acid groups (broad SMARTS) is 1. The number of carbonyl (C=O) groups excluding carboxylic acids is 1. The second kappa shape index (κ2) is 10.3. The van der Waals surface area contributed by atoms with Crippen LogP contribution in [0.1, 0.15) is 37.4 Å². The molecule has 1 atom stereocenters. The third-order valence-electron chi connectivity index (χ3n) is 5.74. The van der Waals surface area contributed by atoms with Crippen LogP contribution in [-0.4, -0.2) is 88.3 Å². The van der Waals surface area contributed by atoms with Crippen LogP contribution in [-0.2, 0) is 16.1 Å². The smallest absolute Gasteiger partial charge is 0.475 e. The summed E-state index contributed by atoms with van der Waals surface area (Å²) in [4.78, 5) is 25.6. The number of carboxylic acids is 1. The van der Waals surface area contributed by atoms with Gasteiger partial charge < -0.3 is 20.1 Å². The van der Waals surface area contributed by atoms with Crippen LogP contribution in [0.2, 0.25) is 0 Å². The van der Waals surface area contributed by atoms with Gasteiger partial charge in [0, 0.05) is 58.2 Å². The van der Waals surface area contributed by atoms with Gasteiger partial charge in [0.2, 0.25) is 0 Å². The molecule has 0 aliphatic carbocycles. The van der Waals surface area contributed by atoms with Gasteiger partial charge in [-0.3, -0.25) is 9.58 Å². The van der Waals surface area contributed by atoms with Gasteiger partial charge in [0.1, 0.15) is 0 Å². The molecule has 4 heterocycles. The number of carbonyl (C=O) groups is 2. The maximum Gasteiger partial charge on any atom is 0.490 e. The van der Waals surface area contributed by atoms with E-state index in [4.69, 9.17) is 14.6 Å². The van der Waals surface area contributed by atoms with Crippen molar-refractivity contribution in [3.8, 4) is 0 Å². The average molecular weight is 447 g/mol. The molecule has 174 valence electrons. The van der Waals surface area contributed by atoms with Crippen LogP contribution >= 0.6 is 0 Å². The zero-order valence-electron chi connectivity index (χ0n) is 17.2. The Morgan fingerprint density at radius 1 is 1.23 bits per heavy atom. The fraction of sp³-hybridized carbons (Fsp3) is 0.737. The third kappa shape index (κ3) is 6.33. The van der Waals surface area contributed by atoms with Gasteiger partial charge in [-0.05, 0) is 31.7 Å². The van der Waals surface area contributed by atoms with E-state index in [0.717, 1.165) is 65.1 Å². The molecular weight excluding hydrogens is 419 g/mol. The van der Waals surface area contributed by atoms with E-state index in [2.05, 4.69) is 26.1 Å². The van der Waals surface area contributed by atoms with E-state index in [1.807, 2.05) is 11.1 Å². The highest BCUT2D eigenvalue weighted by molar-refractivity contribution is 5.74. The van der Waals surface area contributed by atoms with Gasteiger partial charge in [-0.15, -0.1) is 0 Å². The minimum absolute atomic E-state index is 0.0735. The molecule has 2 amide bonds. The summed E-state index contributed by atoms with van der Waals surface area (Å²) in [5, 5.41) is 14.7. The standard InChI is InChI=1S/C17H27N5O2.C2HF3O2/c23-17(20-7-1-2-8-20)18-11-16-13-21(14-4-9-24-10-5-14)12-15-3-6-19-22(15)16;3-2(4,5)1(6)7/h3,6,14,16H,1-2,4-5,7-13H2,(H,18,23);(H,6,7). The molecule has 1 aromatic heterocycles. The summed E-state index contributed by atoms with van der Waals surface area (Å²) in [6.07, 6.45) is 1.23. The number of likely N-dealkylation sites (tertiary alicyclic amines) is 1. The first kappa shape index (κ1) is 23.3. The topological polar surface area (TPSA) is 99.9 Å². The van der Waals surface area contributed by atoms with Gasteiger partial charge in [-0.25, -0.2) is 9.59 Å². The highest BCUT2D eigenvalue weighted by Crippen LogP contribution is 2.25. The van der Waals surface area contributed by atoms with E-state index in [-0.39, 0.29) is 12.1 Å². The van der Waals surface area contributed by atoms with Gasteiger partial charge in [0.05, 0.1) is 11.7 Å². The van der Waals surface area contributed by atoms with E-state index >= 15 is 0 Å². The number of halogens is 3. The van der Waals surface area contributed by atoms with Crippen molar-refractivity contribution in [3.05, 3.63) is 18.0 Å². The predicted molar refractivity (Wildman–Crippen MR) is 103 cm³/mol. The van der Waals surface area contributed by atoms with Crippen molar-refractivity contribution in [2.24, 2.45) is 0 Å². The lowest BCUT2D eigenvalue weighted by Crippen LogP contribution is -2.49.